The molecular weight excluding hydrogens is 285 g/mol. The second-order valence-corrected chi connectivity index (χ2v) is 4.99. The highest BCUT2D eigenvalue weighted by atomic mass is 19.4. The normalized spacial score (nSPS) is 12.9. The Kier molecular flexibility index (Phi) is 6.02. The Morgan fingerprint density at radius 1 is 1.33 bits per heavy atom. The molecule has 2 N–H and O–H groups in total. The quantitative estimate of drug-likeness (QED) is 0.875. The van der Waals surface area contributed by atoms with Crippen LogP contribution in [0.4, 0.5) is 18.0 Å². The number of aliphatic hydroxyl groups excluding tert-OH is 1. The molecule has 118 valence electrons. The van der Waals surface area contributed by atoms with Gasteiger partial charge in [-0.2, -0.15) is 13.2 Å². The molecule has 0 saturated heterocycles. The Labute approximate surface area is 121 Å². The molecule has 0 aromatic heterocycles. The van der Waals surface area contributed by atoms with E-state index in [1.165, 1.54) is 23.1 Å². The molecule has 0 aliphatic carbocycles. The lowest BCUT2D eigenvalue weighted by Gasteiger charge is -2.19. The van der Waals surface area contributed by atoms with Crippen LogP contribution >= 0.6 is 0 Å². The van der Waals surface area contributed by atoms with Crippen molar-refractivity contribution in [1.82, 2.24) is 10.2 Å². The van der Waals surface area contributed by atoms with Crippen LogP contribution in [0.2, 0.25) is 0 Å². The molecule has 2 amide bonds. The predicted octanol–water partition coefficient (Wildman–Crippen LogP) is 2.13. The second-order valence-electron chi connectivity index (χ2n) is 4.99. The van der Waals surface area contributed by atoms with Crippen LogP contribution in [-0.2, 0) is 12.6 Å². The topological polar surface area (TPSA) is 52.6 Å². The number of halogens is 3. The number of nitrogens with one attached hydrogen (secondary N) is 1. The summed E-state index contributed by atoms with van der Waals surface area (Å²) < 4.78 is 38.7. The molecule has 0 heterocycles. The van der Waals surface area contributed by atoms with Crippen molar-refractivity contribution in [2.24, 2.45) is 5.92 Å². The third-order valence-electron chi connectivity index (χ3n) is 3.04. The van der Waals surface area contributed by atoms with Gasteiger partial charge < -0.3 is 15.3 Å². The van der Waals surface area contributed by atoms with Crippen molar-refractivity contribution >= 4 is 6.03 Å². The van der Waals surface area contributed by atoms with Crippen LogP contribution in [-0.4, -0.2) is 43.3 Å². The molecule has 1 rings (SSSR count). The Morgan fingerprint density at radius 2 is 1.95 bits per heavy atom. The molecule has 4 nitrogen and oxygen atoms in total. The standard InChI is InChI=1S/C14H19F3N2O2/c1-19(2)13(21)18-8-10(9-20)7-11-5-3-4-6-12(11)14(15,16)17/h3-6,10,20H,7-9H2,1-2H3,(H,18,21)/t10-/m0/s1. The van der Waals surface area contributed by atoms with Crippen molar-refractivity contribution < 1.29 is 23.1 Å². The van der Waals surface area contributed by atoms with Crippen LogP contribution in [0.15, 0.2) is 24.3 Å². The Morgan fingerprint density at radius 3 is 2.48 bits per heavy atom. The van der Waals surface area contributed by atoms with E-state index in [1.54, 1.807) is 14.1 Å². The molecule has 0 saturated carbocycles. The first-order valence-corrected chi connectivity index (χ1v) is 6.46. The average molecular weight is 304 g/mol. The molecule has 0 unspecified atom stereocenters. The maximum absolute atomic E-state index is 12.9. The average Bonchev–Trinajstić information content (AvgIpc) is 2.42. The van der Waals surface area contributed by atoms with Crippen molar-refractivity contribution in [3.05, 3.63) is 35.4 Å². The van der Waals surface area contributed by atoms with Crippen molar-refractivity contribution in [1.29, 1.82) is 0 Å². The third-order valence-corrected chi connectivity index (χ3v) is 3.04. The van der Waals surface area contributed by atoms with Gasteiger partial charge in [0.15, 0.2) is 0 Å². The highest BCUT2D eigenvalue weighted by Crippen LogP contribution is 2.32. The number of hydrogen-bond acceptors (Lipinski definition) is 2. The summed E-state index contributed by atoms with van der Waals surface area (Å²) in [6, 6.07) is 4.91. The Balaban J connectivity index is 2.76. The summed E-state index contributed by atoms with van der Waals surface area (Å²) in [6.07, 6.45) is -4.39. The maximum Gasteiger partial charge on any atom is 0.416 e. The number of hydrogen-bond donors (Lipinski definition) is 2. The largest absolute Gasteiger partial charge is 0.416 e. The van der Waals surface area contributed by atoms with E-state index in [4.69, 9.17) is 0 Å². The fourth-order valence-electron chi connectivity index (χ4n) is 1.88. The first-order chi connectivity index (χ1) is 9.75. The molecule has 0 aliphatic heterocycles. The van der Waals surface area contributed by atoms with E-state index < -0.39 is 17.7 Å². The van der Waals surface area contributed by atoms with Gasteiger partial charge in [0.05, 0.1) is 5.56 Å². The van der Waals surface area contributed by atoms with Crippen molar-refractivity contribution in [2.45, 2.75) is 12.6 Å². The molecule has 21 heavy (non-hydrogen) atoms. The summed E-state index contributed by atoms with van der Waals surface area (Å²) >= 11 is 0. The van der Waals surface area contributed by atoms with Crippen LogP contribution in [0, 0.1) is 5.92 Å². The number of carbonyl (C=O) groups is 1. The number of rotatable bonds is 5. The van der Waals surface area contributed by atoms with E-state index in [-0.39, 0.29) is 31.2 Å². The zero-order chi connectivity index (χ0) is 16.0. The molecule has 7 heteroatoms. The maximum atomic E-state index is 12.9. The fourth-order valence-corrected chi connectivity index (χ4v) is 1.88. The lowest BCUT2D eigenvalue weighted by molar-refractivity contribution is -0.138. The van der Waals surface area contributed by atoms with Gasteiger partial charge in [-0.25, -0.2) is 4.79 Å². The summed E-state index contributed by atoms with van der Waals surface area (Å²) in [4.78, 5) is 12.7. The number of nitrogens with zero attached hydrogens (tertiary/aromatic N) is 1. The minimum atomic E-state index is -4.43. The van der Waals surface area contributed by atoms with Crippen LogP contribution < -0.4 is 5.32 Å². The molecule has 1 aromatic carbocycles. The molecule has 0 fully saturated rings. The SMILES string of the molecule is CN(C)C(=O)NC[C@@H](CO)Cc1ccccc1C(F)(F)F. The number of alkyl halides is 3. The lowest BCUT2D eigenvalue weighted by atomic mass is 9.95. The van der Waals surface area contributed by atoms with Crippen LogP contribution in [0.1, 0.15) is 11.1 Å². The van der Waals surface area contributed by atoms with Gasteiger partial charge in [-0.15, -0.1) is 0 Å². The number of urea groups is 1. The smallest absolute Gasteiger partial charge is 0.396 e. The van der Waals surface area contributed by atoms with Crippen molar-refractivity contribution in [3.8, 4) is 0 Å². The number of carbonyl (C=O) groups excluding carboxylic acids is 1. The predicted molar refractivity (Wildman–Crippen MR) is 72.8 cm³/mol. The van der Waals surface area contributed by atoms with Crippen LogP contribution in [0.25, 0.3) is 0 Å². The summed E-state index contributed by atoms with van der Waals surface area (Å²) in [7, 11) is 3.12. The van der Waals surface area contributed by atoms with E-state index >= 15 is 0 Å². The van der Waals surface area contributed by atoms with Gasteiger partial charge in [0.25, 0.3) is 0 Å². The summed E-state index contributed by atoms with van der Waals surface area (Å²) in [6.45, 7) is -0.195. The Hall–Kier alpha value is -1.76. The van der Waals surface area contributed by atoms with Gasteiger partial charge in [0.2, 0.25) is 0 Å². The molecule has 0 bridgehead atoms. The Bertz CT molecular complexity index is 476. The fraction of sp³-hybridized carbons (Fsp3) is 0.500. The van der Waals surface area contributed by atoms with E-state index in [0.717, 1.165) is 6.07 Å². The van der Waals surface area contributed by atoms with Crippen molar-refractivity contribution in [2.75, 3.05) is 27.2 Å². The van der Waals surface area contributed by atoms with Crippen LogP contribution in [0.3, 0.4) is 0 Å². The molecule has 1 aromatic rings. The van der Waals surface area contributed by atoms with E-state index in [0.29, 0.717) is 0 Å². The molecular formula is C14H19F3N2O2. The highest BCUT2D eigenvalue weighted by molar-refractivity contribution is 5.73. The number of aliphatic hydroxyl groups is 1. The zero-order valence-corrected chi connectivity index (χ0v) is 11.9. The summed E-state index contributed by atoms with van der Waals surface area (Å²) in [5.74, 6) is -0.475. The first kappa shape index (κ1) is 17.3. The molecule has 0 spiro atoms. The summed E-state index contributed by atoms with van der Waals surface area (Å²) in [5, 5.41) is 11.8. The van der Waals surface area contributed by atoms with E-state index in [2.05, 4.69) is 5.32 Å². The molecule has 1 atom stereocenters. The first-order valence-electron chi connectivity index (χ1n) is 6.46. The molecule has 0 radical (unpaired) electrons. The highest BCUT2D eigenvalue weighted by Gasteiger charge is 2.33. The van der Waals surface area contributed by atoms with E-state index in [9.17, 15) is 23.1 Å². The number of benzene rings is 1. The van der Waals surface area contributed by atoms with Gasteiger partial charge >= 0.3 is 12.2 Å². The number of amides is 2. The van der Waals surface area contributed by atoms with Gasteiger partial charge in [-0.3, -0.25) is 0 Å². The second kappa shape index (κ2) is 7.31. The van der Waals surface area contributed by atoms with Crippen LogP contribution in [0.5, 0.6) is 0 Å². The lowest BCUT2D eigenvalue weighted by Crippen LogP contribution is -2.38. The summed E-state index contributed by atoms with van der Waals surface area (Å²) in [5.41, 5.74) is -0.592. The van der Waals surface area contributed by atoms with Gasteiger partial charge in [-0.1, -0.05) is 18.2 Å². The monoisotopic (exact) mass is 304 g/mol. The van der Waals surface area contributed by atoms with Gasteiger partial charge in [0, 0.05) is 33.2 Å². The van der Waals surface area contributed by atoms with E-state index in [1.807, 2.05) is 0 Å². The minimum absolute atomic E-state index is 0.0416. The third kappa shape index (κ3) is 5.26. The van der Waals surface area contributed by atoms with Gasteiger partial charge in [0.1, 0.15) is 0 Å². The van der Waals surface area contributed by atoms with Gasteiger partial charge in [-0.05, 0) is 18.1 Å². The van der Waals surface area contributed by atoms with Crippen molar-refractivity contribution in [3.63, 3.8) is 0 Å². The molecule has 0 aliphatic rings. The zero-order valence-electron chi connectivity index (χ0n) is 11.9. The minimum Gasteiger partial charge on any atom is -0.396 e.